The fourth-order valence-electron chi connectivity index (χ4n) is 13.6. The molecule has 14 heteroatoms. The van der Waals surface area contributed by atoms with Crippen molar-refractivity contribution in [3.8, 4) is 22.4 Å². The number of benzene rings is 2. The molecule has 6 bridgehead atoms. The maximum absolute atomic E-state index is 15.2. The molecule has 13 nitrogen and oxygen atoms in total. The number of hydrazine groups is 1. The number of fused-ring (bicyclic) bond motifs is 6. The number of aryl methyl sites for hydroxylation is 1. The Morgan fingerprint density at radius 1 is 0.944 bits per heavy atom. The summed E-state index contributed by atoms with van der Waals surface area (Å²) in [5.41, 5.74) is 11.1. The van der Waals surface area contributed by atoms with E-state index >= 15 is 14.0 Å². The summed E-state index contributed by atoms with van der Waals surface area (Å²) in [5.74, 6) is 0.285. The second-order valence-electron chi connectivity index (χ2n) is 23.8. The normalized spacial score (nSPS) is 27.4. The Bertz CT molecular complexity index is 2740. The molecule has 0 radical (unpaired) electrons. The number of halogens is 1. The van der Waals surface area contributed by atoms with E-state index in [1.54, 1.807) is 0 Å². The van der Waals surface area contributed by atoms with Gasteiger partial charge in [0.15, 0.2) is 0 Å². The molecule has 384 valence electrons. The molecule has 2 aromatic heterocycles. The lowest BCUT2D eigenvalue weighted by molar-refractivity contribution is -0.155. The molecule has 6 atom stereocenters. The van der Waals surface area contributed by atoms with Gasteiger partial charge in [0.25, 0.3) is 5.91 Å². The molecular weight excluding hydrogens is 908 g/mol. The molecule has 7 aliphatic rings. The Balaban J connectivity index is 0.941. The number of amides is 3. The van der Waals surface area contributed by atoms with Gasteiger partial charge in [-0.3, -0.25) is 39.4 Å². The molecular formula is C58H75FN8O5. The van der Waals surface area contributed by atoms with Gasteiger partial charge in [-0.1, -0.05) is 58.7 Å². The van der Waals surface area contributed by atoms with Crippen molar-refractivity contribution in [3.05, 3.63) is 77.1 Å². The van der Waals surface area contributed by atoms with Crippen molar-refractivity contribution in [2.75, 3.05) is 39.3 Å². The Morgan fingerprint density at radius 2 is 1.75 bits per heavy atom. The topological polar surface area (TPSA) is 151 Å². The minimum atomic E-state index is -1.00. The molecule has 3 N–H and O–H groups in total. The van der Waals surface area contributed by atoms with Crippen LogP contribution in [0.25, 0.3) is 33.3 Å². The number of carbonyl (C=O) groups is 4. The van der Waals surface area contributed by atoms with Gasteiger partial charge in [0.05, 0.1) is 24.0 Å². The van der Waals surface area contributed by atoms with Crippen LogP contribution in [0.5, 0.6) is 0 Å². The van der Waals surface area contributed by atoms with E-state index < -0.39 is 36.2 Å². The standard InChI is InChI=1S/C58H75FN8O5/c1-6-66-47-18-17-40-29-43(47)44(52(66)42-13-9-21-60-48(42)35(2)3)30-57(4,5)34-72-56(71)45-14-10-22-67(63-45)54(69)46(28-36-25-37(31-59)27-41(40)26-36)61-53(68)51(39-11-7-8-12-39)64-23-19-58(32-64)20-24-65(33-58)55(70)50-49(62-50)38-15-16-38/h9,13,17-18,21,25-27,29,35,38-39,45-46,49-51,62-63H,6-8,10-12,14-16,19-20,22-24,28,30-34H2,1-5H3,(H,61,68)/t45-,46-,49+,50+,51-,58-/m0/s1. The third-order valence-corrected chi connectivity index (χ3v) is 17.5. The van der Waals surface area contributed by atoms with Gasteiger partial charge in [0, 0.05) is 78.7 Å². The van der Waals surface area contributed by atoms with Crippen molar-refractivity contribution >= 4 is 34.6 Å². The predicted octanol–water partition coefficient (Wildman–Crippen LogP) is 7.87. The van der Waals surface area contributed by atoms with Crippen LogP contribution in [-0.4, -0.2) is 118 Å². The second-order valence-corrected chi connectivity index (χ2v) is 23.8. The summed E-state index contributed by atoms with van der Waals surface area (Å²) in [6.45, 7) is 14.3. The first-order valence-electron chi connectivity index (χ1n) is 27.3. The van der Waals surface area contributed by atoms with E-state index in [0.717, 1.165) is 121 Å². The number of cyclic esters (lactones) is 1. The van der Waals surface area contributed by atoms with E-state index in [1.807, 2.05) is 24.4 Å². The summed E-state index contributed by atoms with van der Waals surface area (Å²) in [5, 5.41) is 9.36. The molecule has 6 fully saturated rings. The molecule has 11 rings (SSSR count). The molecule has 3 amide bonds. The van der Waals surface area contributed by atoms with Crippen molar-refractivity contribution in [2.45, 2.75) is 161 Å². The Morgan fingerprint density at radius 3 is 2.51 bits per heavy atom. The van der Waals surface area contributed by atoms with Crippen LogP contribution in [0, 0.1) is 22.7 Å². The van der Waals surface area contributed by atoms with Crippen LogP contribution in [-0.2, 0) is 50.0 Å². The van der Waals surface area contributed by atoms with E-state index in [-0.39, 0.29) is 54.0 Å². The van der Waals surface area contributed by atoms with Crippen LogP contribution in [0.4, 0.5) is 4.39 Å². The fraction of sp³-hybridized carbons (Fsp3) is 0.603. The van der Waals surface area contributed by atoms with Crippen LogP contribution in [0.15, 0.2) is 54.7 Å². The lowest BCUT2D eigenvalue weighted by Gasteiger charge is -2.37. The molecule has 4 aromatic rings. The lowest BCUT2D eigenvalue weighted by Crippen LogP contribution is -2.62. The summed E-state index contributed by atoms with van der Waals surface area (Å²) in [6, 6.07) is 14.5. The maximum atomic E-state index is 15.2. The first kappa shape index (κ1) is 49.1. The van der Waals surface area contributed by atoms with Gasteiger partial charge in [0.1, 0.15) is 24.8 Å². The highest BCUT2D eigenvalue weighted by molar-refractivity contribution is 5.96. The highest BCUT2D eigenvalue weighted by Crippen LogP contribution is 2.46. The summed E-state index contributed by atoms with van der Waals surface area (Å²) in [7, 11) is 0. The molecule has 1 spiro atoms. The fourth-order valence-corrected chi connectivity index (χ4v) is 13.6. The number of likely N-dealkylation sites (tertiary alicyclic amines) is 2. The smallest absolute Gasteiger partial charge is 0.324 e. The Labute approximate surface area is 424 Å². The number of nitrogens with zero attached hydrogens (tertiary/aromatic N) is 5. The van der Waals surface area contributed by atoms with Gasteiger partial charge < -0.3 is 19.5 Å². The third kappa shape index (κ3) is 9.60. The molecule has 4 saturated heterocycles. The third-order valence-electron chi connectivity index (χ3n) is 17.5. The maximum Gasteiger partial charge on any atom is 0.324 e. The second kappa shape index (κ2) is 19.6. The monoisotopic (exact) mass is 983 g/mol. The van der Waals surface area contributed by atoms with Crippen molar-refractivity contribution in [1.29, 1.82) is 0 Å². The van der Waals surface area contributed by atoms with Crippen LogP contribution in [0.3, 0.4) is 0 Å². The van der Waals surface area contributed by atoms with Gasteiger partial charge in [-0.15, -0.1) is 0 Å². The minimum Gasteiger partial charge on any atom is -0.464 e. The molecule has 2 aliphatic carbocycles. The van der Waals surface area contributed by atoms with Crippen molar-refractivity contribution in [3.63, 3.8) is 0 Å². The van der Waals surface area contributed by atoms with Gasteiger partial charge in [-0.2, -0.15) is 0 Å². The average Bonchev–Trinajstić information content (AvgIpc) is 4.19. The summed E-state index contributed by atoms with van der Waals surface area (Å²) < 4.78 is 23.7. The van der Waals surface area contributed by atoms with Crippen LogP contribution in [0.2, 0.25) is 0 Å². The zero-order chi connectivity index (χ0) is 50.1. The van der Waals surface area contributed by atoms with Gasteiger partial charge in [-0.25, -0.2) is 9.82 Å². The zero-order valence-electron chi connectivity index (χ0n) is 43.1. The number of pyridine rings is 1. The average molecular weight is 983 g/mol. The van der Waals surface area contributed by atoms with Crippen LogP contribution >= 0.6 is 0 Å². The number of ether oxygens (including phenoxy) is 1. The van der Waals surface area contributed by atoms with E-state index in [0.29, 0.717) is 43.3 Å². The van der Waals surface area contributed by atoms with E-state index in [9.17, 15) is 9.59 Å². The first-order chi connectivity index (χ1) is 34.7. The number of rotatable bonds is 10. The highest BCUT2D eigenvalue weighted by atomic mass is 19.1. The van der Waals surface area contributed by atoms with Crippen LogP contribution in [0.1, 0.15) is 127 Å². The Hall–Kier alpha value is -5.18. The van der Waals surface area contributed by atoms with Gasteiger partial charge in [0.2, 0.25) is 11.8 Å². The predicted molar refractivity (Wildman–Crippen MR) is 276 cm³/mol. The number of alkyl halides is 1. The number of aromatic nitrogens is 2. The molecule has 0 unspecified atom stereocenters. The van der Waals surface area contributed by atoms with Crippen molar-refractivity contribution in [2.24, 2.45) is 22.7 Å². The summed E-state index contributed by atoms with van der Waals surface area (Å²) in [4.78, 5) is 67.4. The lowest BCUT2D eigenvalue weighted by atomic mass is 9.83. The van der Waals surface area contributed by atoms with E-state index in [4.69, 9.17) is 9.72 Å². The molecule has 2 aromatic carbocycles. The zero-order valence-corrected chi connectivity index (χ0v) is 43.1. The molecule has 5 aliphatic heterocycles. The molecule has 7 heterocycles. The van der Waals surface area contributed by atoms with Gasteiger partial charge in [-0.05, 0) is 147 Å². The summed E-state index contributed by atoms with van der Waals surface area (Å²) >= 11 is 0. The van der Waals surface area contributed by atoms with Crippen molar-refractivity contribution in [1.82, 2.24) is 40.4 Å². The van der Waals surface area contributed by atoms with Gasteiger partial charge >= 0.3 is 5.97 Å². The van der Waals surface area contributed by atoms with Crippen molar-refractivity contribution < 1.29 is 28.3 Å². The number of carbonyl (C=O) groups excluding carboxylic acids is 4. The number of esters is 1. The van der Waals surface area contributed by atoms with Crippen LogP contribution < -0.4 is 16.1 Å². The number of hydrogen-bond donors (Lipinski definition) is 3. The Kier molecular flexibility index (Phi) is 13.3. The highest BCUT2D eigenvalue weighted by Gasteiger charge is 2.55. The first-order valence-corrected chi connectivity index (χ1v) is 27.3. The molecule has 2 saturated carbocycles. The van der Waals surface area contributed by atoms with E-state index in [1.165, 1.54) is 17.9 Å². The number of nitrogens with one attached hydrogen (secondary N) is 3. The minimum absolute atomic E-state index is 0.0406. The van der Waals surface area contributed by atoms with E-state index in [2.05, 4.69) is 95.4 Å². The largest absolute Gasteiger partial charge is 0.464 e. The molecule has 72 heavy (non-hydrogen) atoms. The number of hydrogen-bond acceptors (Lipinski definition) is 9. The SMILES string of the molecule is CCn1c(-c2cccnc2C(C)C)c2c3cc(ccc31)-c1cc(CF)cc(c1)C[C@H](NC(=O)[C@H](C1CCCC1)N1CC[C@]3(CCN(C(=O)[C@@H]4N[C@@H]4C4CC4)C3)C1)C(=O)N1CCC[C@H](N1)C(=O)OCC(C)(C)C2. The summed E-state index contributed by atoms with van der Waals surface area (Å²) in [6.07, 6.45) is 11.9. The quantitative estimate of drug-likeness (QED) is 0.107.